The highest BCUT2D eigenvalue weighted by molar-refractivity contribution is 5.26. The number of rotatable bonds is 4. The second kappa shape index (κ2) is 6.10. The van der Waals surface area contributed by atoms with Crippen LogP contribution in [0.1, 0.15) is 38.6 Å². The third kappa shape index (κ3) is 3.49. The summed E-state index contributed by atoms with van der Waals surface area (Å²) in [6.07, 6.45) is 1.16. The molecule has 0 aliphatic carbocycles. The van der Waals surface area contributed by atoms with Crippen LogP contribution in [-0.2, 0) is 6.54 Å². The molecule has 20 heavy (non-hydrogen) atoms. The normalized spacial score (nSPS) is 22.8. The number of hydrogen-bond acceptors (Lipinski definition) is 4. The highest BCUT2D eigenvalue weighted by Crippen LogP contribution is 2.23. The molecule has 1 aromatic heterocycles. The molecule has 1 aromatic rings. The first kappa shape index (κ1) is 15.3. The van der Waals surface area contributed by atoms with Gasteiger partial charge in [0, 0.05) is 49.0 Å². The fourth-order valence-corrected chi connectivity index (χ4v) is 2.73. The molecule has 1 aliphatic rings. The molecule has 1 N–H and O–H groups in total. The van der Waals surface area contributed by atoms with E-state index < -0.39 is 0 Å². The van der Waals surface area contributed by atoms with Gasteiger partial charge in [-0.15, -0.1) is 0 Å². The molecule has 0 bridgehead atoms. The minimum Gasteiger partial charge on any atom is -0.497 e. The fourth-order valence-electron chi connectivity index (χ4n) is 2.73. The molecule has 1 atom stereocenters. The quantitative estimate of drug-likeness (QED) is 0.917. The van der Waals surface area contributed by atoms with E-state index in [-0.39, 0.29) is 5.54 Å². The highest BCUT2D eigenvalue weighted by Gasteiger charge is 2.33. The number of pyridine rings is 1. The number of methoxy groups -OCH3 is 1. The maximum Gasteiger partial charge on any atom is 0.122 e. The zero-order chi connectivity index (χ0) is 14.8. The van der Waals surface area contributed by atoms with Gasteiger partial charge in [-0.25, -0.2) is 0 Å². The predicted octanol–water partition coefficient (Wildman–Crippen LogP) is 2.36. The van der Waals surface area contributed by atoms with Crippen molar-refractivity contribution in [1.29, 1.82) is 0 Å². The summed E-state index contributed by atoms with van der Waals surface area (Å²) < 4.78 is 5.35. The van der Waals surface area contributed by atoms with E-state index in [0.29, 0.717) is 6.04 Å². The van der Waals surface area contributed by atoms with E-state index in [1.807, 2.05) is 19.1 Å². The third-order valence-electron chi connectivity index (χ3n) is 4.18. The maximum atomic E-state index is 5.35. The number of ether oxygens (including phenoxy) is 1. The van der Waals surface area contributed by atoms with Crippen molar-refractivity contribution in [3.8, 4) is 5.75 Å². The molecule has 0 radical (unpaired) electrons. The van der Waals surface area contributed by atoms with E-state index in [0.717, 1.165) is 43.2 Å². The average molecular weight is 277 g/mol. The Morgan fingerprint density at radius 3 is 2.85 bits per heavy atom. The van der Waals surface area contributed by atoms with Gasteiger partial charge in [0.1, 0.15) is 5.75 Å². The van der Waals surface area contributed by atoms with Crippen molar-refractivity contribution in [1.82, 2.24) is 15.2 Å². The standard InChI is InChI=1S/C16H27N3O/c1-6-13-9-19(16(3,4)11-17-13)10-14-8-15(20-5)7-12(2)18-14/h7-8,13,17H,6,9-11H2,1-5H3. The predicted molar refractivity (Wildman–Crippen MR) is 82.1 cm³/mol. The molecular weight excluding hydrogens is 250 g/mol. The molecule has 0 saturated carbocycles. The van der Waals surface area contributed by atoms with Gasteiger partial charge in [0.15, 0.2) is 0 Å². The van der Waals surface area contributed by atoms with Crippen LogP contribution in [0.25, 0.3) is 0 Å². The Morgan fingerprint density at radius 1 is 1.45 bits per heavy atom. The first-order valence-electron chi connectivity index (χ1n) is 7.44. The summed E-state index contributed by atoms with van der Waals surface area (Å²) in [6.45, 7) is 11.8. The lowest BCUT2D eigenvalue weighted by atomic mass is 9.96. The van der Waals surface area contributed by atoms with E-state index in [4.69, 9.17) is 4.74 Å². The van der Waals surface area contributed by atoms with E-state index in [1.165, 1.54) is 0 Å². The van der Waals surface area contributed by atoms with Crippen LogP contribution in [-0.4, -0.2) is 41.7 Å². The molecule has 0 amide bonds. The summed E-state index contributed by atoms with van der Waals surface area (Å²) in [5.74, 6) is 0.896. The molecule has 1 fully saturated rings. The van der Waals surface area contributed by atoms with Gasteiger partial charge >= 0.3 is 0 Å². The van der Waals surface area contributed by atoms with Crippen LogP contribution in [0.2, 0.25) is 0 Å². The van der Waals surface area contributed by atoms with Gasteiger partial charge in [0.25, 0.3) is 0 Å². The van der Waals surface area contributed by atoms with Crippen molar-refractivity contribution in [3.63, 3.8) is 0 Å². The smallest absolute Gasteiger partial charge is 0.122 e. The lowest BCUT2D eigenvalue weighted by Gasteiger charge is -2.46. The summed E-state index contributed by atoms with van der Waals surface area (Å²) in [7, 11) is 1.71. The molecule has 1 aliphatic heterocycles. The van der Waals surface area contributed by atoms with Crippen LogP contribution in [0.3, 0.4) is 0 Å². The average Bonchev–Trinajstić information content (AvgIpc) is 2.40. The minimum absolute atomic E-state index is 0.157. The van der Waals surface area contributed by atoms with Crippen LogP contribution in [0.4, 0.5) is 0 Å². The number of aromatic nitrogens is 1. The minimum atomic E-state index is 0.157. The zero-order valence-corrected chi connectivity index (χ0v) is 13.4. The topological polar surface area (TPSA) is 37.4 Å². The van der Waals surface area contributed by atoms with Gasteiger partial charge in [-0.05, 0) is 27.2 Å². The SMILES string of the molecule is CCC1CN(Cc2cc(OC)cc(C)n2)C(C)(C)CN1. The summed E-state index contributed by atoms with van der Waals surface area (Å²) in [6, 6.07) is 4.60. The molecular formula is C16H27N3O. The number of piperazine rings is 1. The fraction of sp³-hybridized carbons (Fsp3) is 0.688. The second-order valence-corrected chi connectivity index (χ2v) is 6.32. The maximum absolute atomic E-state index is 5.35. The number of nitrogens with one attached hydrogen (secondary N) is 1. The number of nitrogens with zero attached hydrogens (tertiary/aromatic N) is 2. The molecule has 2 heterocycles. The number of aryl methyl sites for hydroxylation is 1. The van der Waals surface area contributed by atoms with E-state index >= 15 is 0 Å². The summed E-state index contributed by atoms with van der Waals surface area (Å²) in [5, 5.41) is 3.62. The Bertz CT molecular complexity index is 459. The van der Waals surface area contributed by atoms with Crippen molar-refractivity contribution in [2.75, 3.05) is 20.2 Å². The van der Waals surface area contributed by atoms with Crippen molar-refractivity contribution in [3.05, 3.63) is 23.5 Å². The van der Waals surface area contributed by atoms with Crippen LogP contribution in [0.5, 0.6) is 5.75 Å². The van der Waals surface area contributed by atoms with Crippen LogP contribution in [0.15, 0.2) is 12.1 Å². The molecule has 4 nitrogen and oxygen atoms in total. The first-order valence-corrected chi connectivity index (χ1v) is 7.44. The monoisotopic (exact) mass is 277 g/mol. The molecule has 0 aromatic carbocycles. The molecule has 1 unspecified atom stereocenters. The Morgan fingerprint density at radius 2 is 2.20 bits per heavy atom. The van der Waals surface area contributed by atoms with Gasteiger partial charge in [0.05, 0.1) is 12.8 Å². The van der Waals surface area contributed by atoms with Gasteiger partial charge in [-0.3, -0.25) is 9.88 Å². The Balaban J connectivity index is 2.16. The van der Waals surface area contributed by atoms with Crippen molar-refractivity contribution in [2.24, 2.45) is 0 Å². The van der Waals surface area contributed by atoms with Crippen LogP contribution < -0.4 is 10.1 Å². The van der Waals surface area contributed by atoms with Crippen molar-refractivity contribution < 1.29 is 4.74 Å². The van der Waals surface area contributed by atoms with Gasteiger partial charge < -0.3 is 10.1 Å². The van der Waals surface area contributed by atoms with Gasteiger partial charge in [-0.2, -0.15) is 0 Å². The second-order valence-electron chi connectivity index (χ2n) is 6.32. The van der Waals surface area contributed by atoms with Gasteiger partial charge in [0.2, 0.25) is 0 Å². The lowest BCUT2D eigenvalue weighted by molar-refractivity contribution is 0.0564. The Kier molecular flexibility index (Phi) is 4.66. The van der Waals surface area contributed by atoms with E-state index in [1.54, 1.807) is 7.11 Å². The Hall–Kier alpha value is -1.13. The van der Waals surface area contributed by atoms with Gasteiger partial charge in [-0.1, -0.05) is 6.92 Å². The summed E-state index contributed by atoms with van der Waals surface area (Å²) in [5.41, 5.74) is 2.26. The van der Waals surface area contributed by atoms with Crippen LogP contribution in [0, 0.1) is 6.92 Å². The Labute approximate surface area is 122 Å². The summed E-state index contributed by atoms with van der Waals surface area (Å²) >= 11 is 0. The molecule has 4 heteroatoms. The van der Waals surface area contributed by atoms with E-state index in [9.17, 15) is 0 Å². The summed E-state index contributed by atoms with van der Waals surface area (Å²) in [4.78, 5) is 7.18. The molecule has 0 spiro atoms. The highest BCUT2D eigenvalue weighted by atomic mass is 16.5. The molecule has 1 saturated heterocycles. The lowest BCUT2D eigenvalue weighted by Crippen LogP contribution is -2.61. The zero-order valence-electron chi connectivity index (χ0n) is 13.4. The van der Waals surface area contributed by atoms with Crippen molar-refractivity contribution >= 4 is 0 Å². The molecule has 2 rings (SSSR count). The first-order chi connectivity index (χ1) is 9.44. The molecule has 112 valence electrons. The number of hydrogen-bond donors (Lipinski definition) is 1. The van der Waals surface area contributed by atoms with Crippen LogP contribution >= 0.6 is 0 Å². The largest absolute Gasteiger partial charge is 0.497 e. The third-order valence-corrected chi connectivity index (χ3v) is 4.18. The van der Waals surface area contributed by atoms with E-state index in [2.05, 4.69) is 36.0 Å². The van der Waals surface area contributed by atoms with Crippen molar-refractivity contribution in [2.45, 2.75) is 52.2 Å².